The second kappa shape index (κ2) is 4.08. The van der Waals surface area contributed by atoms with Gasteiger partial charge in [0.1, 0.15) is 5.75 Å². The number of benzene rings is 1. The van der Waals surface area contributed by atoms with Gasteiger partial charge in [0.25, 0.3) is 0 Å². The molecule has 0 aliphatic rings. The van der Waals surface area contributed by atoms with Crippen LogP contribution in [0.2, 0.25) is 0 Å². The number of rotatable bonds is 3. The fourth-order valence-corrected chi connectivity index (χ4v) is 1.16. The normalized spacial score (nSPS) is 10.2. The predicted octanol–water partition coefficient (Wildman–Crippen LogP) is 2.53. The first-order valence-electron chi connectivity index (χ1n) is 4.34. The van der Waals surface area contributed by atoms with Gasteiger partial charge >= 0.3 is 0 Å². The van der Waals surface area contributed by atoms with E-state index in [2.05, 4.69) is 0 Å². The largest absolute Gasteiger partial charge is 0.496 e. The van der Waals surface area contributed by atoms with E-state index in [0.717, 1.165) is 0 Å². The van der Waals surface area contributed by atoms with Crippen molar-refractivity contribution in [2.24, 2.45) is 5.92 Å². The van der Waals surface area contributed by atoms with E-state index >= 15 is 0 Å². The summed E-state index contributed by atoms with van der Waals surface area (Å²) in [5.41, 5.74) is 0.667. The van der Waals surface area contributed by atoms with Crippen molar-refractivity contribution in [3.63, 3.8) is 0 Å². The second-order valence-corrected chi connectivity index (χ2v) is 3.22. The molecular formula is C11H14O2. The van der Waals surface area contributed by atoms with E-state index in [0.29, 0.717) is 11.3 Å². The molecule has 1 aromatic rings. The summed E-state index contributed by atoms with van der Waals surface area (Å²) in [4.78, 5) is 11.6. The van der Waals surface area contributed by atoms with Gasteiger partial charge in [-0.15, -0.1) is 0 Å². The summed E-state index contributed by atoms with van der Waals surface area (Å²) in [7, 11) is 1.58. The number of para-hydroxylation sites is 1. The van der Waals surface area contributed by atoms with Crippen LogP contribution in [0, 0.1) is 5.92 Å². The van der Waals surface area contributed by atoms with Gasteiger partial charge in [0.05, 0.1) is 12.7 Å². The highest BCUT2D eigenvalue weighted by atomic mass is 16.5. The highest BCUT2D eigenvalue weighted by Crippen LogP contribution is 2.20. The minimum atomic E-state index is 0.0105. The molecule has 70 valence electrons. The SMILES string of the molecule is COc1ccccc1C(=O)C(C)C. The number of carbonyl (C=O) groups is 1. The molecule has 0 fully saturated rings. The van der Waals surface area contributed by atoms with E-state index in [-0.39, 0.29) is 11.7 Å². The molecule has 0 radical (unpaired) electrons. The summed E-state index contributed by atoms with van der Waals surface area (Å²) in [6, 6.07) is 7.30. The van der Waals surface area contributed by atoms with Gasteiger partial charge in [-0.05, 0) is 12.1 Å². The van der Waals surface area contributed by atoms with Gasteiger partial charge in [-0.1, -0.05) is 26.0 Å². The van der Waals surface area contributed by atoms with Gasteiger partial charge in [0.15, 0.2) is 5.78 Å². The van der Waals surface area contributed by atoms with Gasteiger partial charge < -0.3 is 4.74 Å². The van der Waals surface area contributed by atoms with Crippen molar-refractivity contribution in [1.82, 2.24) is 0 Å². The van der Waals surface area contributed by atoms with Crippen LogP contribution in [0.5, 0.6) is 5.75 Å². The lowest BCUT2D eigenvalue weighted by Gasteiger charge is -2.08. The Kier molecular flexibility index (Phi) is 3.07. The second-order valence-electron chi connectivity index (χ2n) is 3.22. The van der Waals surface area contributed by atoms with Crippen molar-refractivity contribution >= 4 is 5.78 Å². The highest BCUT2D eigenvalue weighted by Gasteiger charge is 2.14. The Balaban J connectivity index is 3.06. The van der Waals surface area contributed by atoms with Crippen molar-refractivity contribution in [2.45, 2.75) is 13.8 Å². The molecule has 1 aromatic carbocycles. The number of methoxy groups -OCH3 is 1. The Hall–Kier alpha value is -1.31. The molecule has 2 nitrogen and oxygen atoms in total. The van der Waals surface area contributed by atoms with Crippen LogP contribution in [0.25, 0.3) is 0 Å². The standard InChI is InChI=1S/C11H14O2/c1-8(2)11(12)9-6-4-5-7-10(9)13-3/h4-8H,1-3H3. The Bertz CT molecular complexity index is 303. The van der Waals surface area contributed by atoms with Crippen molar-refractivity contribution in [2.75, 3.05) is 7.11 Å². The topological polar surface area (TPSA) is 26.3 Å². The van der Waals surface area contributed by atoms with E-state index in [1.165, 1.54) is 0 Å². The number of ether oxygens (including phenoxy) is 1. The molecule has 0 aliphatic carbocycles. The zero-order chi connectivity index (χ0) is 9.84. The number of hydrogen-bond acceptors (Lipinski definition) is 2. The van der Waals surface area contributed by atoms with Crippen molar-refractivity contribution in [1.29, 1.82) is 0 Å². The fraction of sp³-hybridized carbons (Fsp3) is 0.364. The molecule has 0 heterocycles. The van der Waals surface area contributed by atoms with E-state index in [4.69, 9.17) is 4.74 Å². The lowest BCUT2D eigenvalue weighted by Crippen LogP contribution is -2.08. The maximum absolute atomic E-state index is 11.6. The third kappa shape index (κ3) is 2.08. The minimum Gasteiger partial charge on any atom is -0.496 e. The molecule has 0 saturated carbocycles. The Labute approximate surface area is 78.5 Å². The summed E-state index contributed by atoms with van der Waals surface area (Å²) in [5, 5.41) is 0. The maximum Gasteiger partial charge on any atom is 0.169 e. The summed E-state index contributed by atoms with van der Waals surface area (Å²) in [5.74, 6) is 0.787. The smallest absolute Gasteiger partial charge is 0.169 e. The molecule has 0 unspecified atom stereocenters. The monoisotopic (exact) mass is 178 g/mol. The molecule has 0 saturated heterocycles. The van der Waals surface area contributed by atoms with Crippen LogP contribution in [-0.2, 0) is 0 Å². The zero-order valence-electron chi connectivity index (χ0n) is 8.20. The number of Topliss-reactive ketones (excluding diaryl/α,β-unsaturated/α-hetero) is 1. The summed E-state index contributed by atoms with van der Waals surface area (Å²) >= 11 is 0. The summed E-state index contributed by atoms with van der Waals surface area (Å²) in [6.07, 6.45) is 0. The average molecular weight is 178 g/mol. The lowest BCUT2D eigenvalue weighted by atomic mass is 10.0. The van der Waals surface area contributed by atoms with E-state index in [9.17, 15) is 4.79 Å². The van der Waals surface area contributed by atoms with Crippen LogP contribution >= 0.6 is 0 Å². The predicted molar refractivity (Wildman–Crippen MR) is 52.2 cm³/mol. The van der Waals surface area contributed by atoms with Crippen molar-refractivity contribution < 1.29 is 9.53 Å². The van der Waals surface area contributed by atoms with Crippen LogP contribution in [0.15, 0.2) is 24.3 Å². The highest BCUT2D eigenvalue weighted by molar-refractivity contribution is 5.99. The number of carbonyl (C=O) groups excluding carboxylic acids is 1. The van der Waals surface area contributed by atoms with Crippen molar-refractivity contribution in [3.8, 4) is 5.75 Å². The van der Waals surface area contributed by atoms with Crippen molar-refractivity contribution in [3.05, 3.63) is 29.8 Å². The molecule has 0 bridgehead atoms. The molecule has 0 aliphatic heterocycles. The zero-order valence-corrected chi connectivity index (χ0v) is 8.20. The summed E-state index contributed by atoms with van der Waals surface area (Å²) < 4.78 is 5.10. The Morgan fingerprint density at radius 1 is 1.31 bits per heavy atom. The Morgan fingerprint density at radius 3 is 2.46 bits per heavy atom. The number of hydrogen-bond donors (Lipinski definition) is 0. The average Bonchev–Trinajstić information content (AvgIpc) is 2.16. The molecule has 0 amide bonds. The first-order chi connectivity index (χ1) is 6.16. The lowest BCUT2D eigenvalue weighted by molar-refractivity contribution is 0.0936. The third-order valence-corrected chi connectivity index (χ3v) is 1.90. The fourth-order valence-electron chi connectivity index (χ4n) is 1.16. The molecule has 13 heavy (non-hydrogen) atoms. The molecule has 2 heteroatoms. The molecule has 0 atom stereocenters. The van der Waals surface area contributed by atoms with E-state index in [1.807, 2.05) is 26.0 Å². The maximum atomic E-state index is 11.6. The van der Waals surface area contributed by atoms with Gasteiger partial charge in [-0.3, -0.25) is 4.79 Å². The molecular weight excluding hydrogens is 164 g/mol. The molecule has 0 aromatic heterocycles. The molecule has 0 spiro atoms. The van der Waals surface area contributed by atoms with Crippen LogP contribution in [0.3, 0.4) is 0 Å². The first kappa shape index (κ1) is 9.78. The minimum absolute atomic E-state index is 0.0105. The summed E-state index contributed by atoms with van der Waals surface area (Å²) in [6.45, 7) is 3.77. The molecule has 1 rings (SSSR count). The Morgan fingerprint density at radius 2 is 1.92 bits per heavy atom. The van der Waals surface area contributed by atoms with Crippen LogP contribution in [-0.4, -0.2) is 12.9 Å². The van der Waals surface area contributed by atoms with Gasteiger partial charge in [-0.2, -0.15) is 0 Å². The van der Waals surface area contributed by atoms with E-state index < -0.39 is 0 Å². The quantitative estimate of drug-likeness (QED) is 0.665. The van der Waals surface area contributed by atoms with Gasteiger partial charge in [0, 0.05) is 5.92 Å². The number of ketones is 1. The van der Waals surface area contributed by atoms with Crippen LogP contribution in [0.4, 0.5) is 0 Å². The van der Waals surface area contributed by atoms with Crippen LogP contribution in [0.1, 0.15) is 24.2 Å². The van der Waals surface area contributed by atoms with Crippen LogP contribution < -0.4 is 4.74 Å². The first-order valence-corrected chi connectivity index (χ1v) is 4.34. The third-order valence-electron chi connectivity index (χ3n) is 1.90. The van der Waals surface area contributed by atoms with Gasteiger partial charge in [0.2, 0.25) is 0 Å². The molecule has 0 N–H and O–H groups in total. The van der Waals surface area contributed by atoms with E-state index in [1.54, 1.807) is 19.2 Å². The van der Waals surface area contributed by atoms with Gasteiger partial charge in [-0.25, -0.2) is 0 Å².